The van der Waals surface area contributed by atoms with Gasteiger partial charge < -0.3 is 95.2 Å². The van der Waals surface area contributed by atoms with Crippen LogP contribution in [0.4, 0.5) is 4.79 Å². The first-order valence-corrected chi connectivity index (χ1v) is 47.6. The topological polar surface area (TPSA) is 476 Å². The summed E-state index contributed by atoms with van der Waals surface area (Å²) in [6.45, 7) is 9.11. The van der Waals surface area contributed by atoms with Gasteiger partial charge in [0, 0.05) is 111 Å². The number of hydrogen-bond donors (Lipinski definition) is 6. The number of hydrogen-bond acceptors (Lipinski definition) is 24. The van der Waals surface area contributed by atoms with Crippen LogP contribution in [-0.4, -0.2) is 171 Å². The molecule has 4 atom stereocenters. The Morgan fingerprint density at radius 2 is 0.765 bits per heavy atom. The number of alkyl halides is 5. The van der Waals surface area contributed by atoms with Gasteiger partial charge in [0.25, 0.3) is 23.6 Å². The molecule has 4 unspecified atom stereocenters. The van der Waals surface area contributed by atoms with Crippen molar-refractivity contribution >= 4 is 157 Å². The van der Waals surface area contributed by atoms with Gasteiger partial charge in [-0.3, -0.25) is 62.9 Å². The number of rotatable bonds is 30. The van der Waals surface area contributed by atoms with Gasteiger partial charge in [-0.05, 0) is 170 Å². The summed E-state index contributed by atoms with van der Waals surface area (Å²) in [5.41, 5.74) is 29.6. The second-order valence-electron chi connectivity index (χ2n) is 31.5. The molecule has 2 fully saturated rings. The summed E-state index contributed by atoms with van der Waals surface area (Å²) in [7, 11) is 3.80. The molecule has 712 valence electrons. The van der Waals surface area contributed by atoms with Crippen molar-refractivity contribution in [1.82, 2.24) is 24.9 Å². The zero-order valence-electron chi connectivity index (χ0n) is 77.2. The van der Waals surface area contributed by atoms with Crippen molar-refractivity contribution in [2.45, 2.75) is 187 Å². The molecule has 9 N–H and O–H groups in total. The molecule has 0 saturated carbocycles. The standard InChI is InChI=1S/2C22H23BrN2O5.C21H19BrN2O4.C14H16N2O5.C8H8Br2.C4H8O.C4H10O.CH2O3.3K/c1-29-20(26)10-9-18(21(24)27)25-12-17-16(22(25)28)3-2-4-19(17)30-13-15-7-5-14(11-23)6-8-15;1-29-20(26)10-9-19(21(24)27)25-12-18-15(3-2-4-17(18)22(25)28)13-30-16-7-5-14(11-23)6-8-16;22-10-13-4-6-14(7-5-13)12-28-18-3-1-2-15-16(18)11-24(21(15)27)17-8-9-19(25)23-20(17)26;1-21-12(18)6-5-10(13(15)19)16-7-9-8(14(16)20)3-2-4-11(9)17;9-5-7-1-2-8(6-10)4-3-7;1-2-4-5-3-1;1-4(2,3)5;2-1(3)4;;;/h2-8,18H,9-13H2,1H3,(H2,24,27);2-8,19H,9-13H2,1H3,(H2,24,27);1-7,17H,8-12H2,(H,23,25,26);2-4,10,17H,5-7H2,1H3,(H2,15,19);1-4H,5-6H2;1-4H2;5H,1-3H3;(H2,2,3,4);;;/q;;;;;;;;3*+1/p-2. The minimum atomic E-state index is -2.33. The average Bonchev–Trinajstić information content (AvgIpc) is 1.61. The first-order valence-electron chi connectivity index (χ1n) is 42.0. The van der Waals surface area contributed by atoms with E-state index in [0.717, 1.165) is 79.0 Å². The number of fused-ring (bicyclic) bond motifs is 4. The van der Waals surface area contributed by atoms with E-state index < -0.39 is 77.5 Å². The van der Waals surface area contributed by atoms with Gasteiger partial charge in [-0.25, -0.2) is 0 Å². The number of ether oxygens (including phenoxy) is 7. The van der Waals surface area contributed by atoms with E-state index in [-0.39, 0.29) is 254 Å². The summed E-state index contributed by atoms with van der Waals surface area (Å²) in [4.78, 5) is 158. The summed E-state index contributed by atoms with van der Waals surface area (Å²) in [5, 5.41) is 41.5. The quantitative estimate of drug-likeness (QED) is 0.0124. The van der Waals surface area contributed by atoms with E-state index in [1.54, 1.807) is 75.4 Å². The number of carboxylic acid groups (broad SMARTS) is 2. The Labute approximate surface area is 959 Å². The van der Waals surface area contributed by atoms with Gasteiger partial charge in [-0.1, -0.05) is 195 Å². The number of carbonyl (C=O) groups excluding carboxylic acids is 13. The first kappa shape index (κ1) is 122. The molecule has 6 aliphatic heterocycles. The molecule has 0 aliphatic carbocycles. The Hall–Kier alpha value is -6.70. The number of nitrogens with one attached hydrogen (secondary N) is 1. The van der Waals surface area contributed by atoms with Crippen molar-refractivity contribution in [3.8, 4) is 23.0 Å². The molecule has 136 heavy (non-hydrogen) atoms. The van der Waals surface area contributed by atoms with Gasteiger partial charge in [-0.15, -0.1) is 0 Å². The predicted octanol–water partition coefficient (Wildman–Crippen LogP) is 2.54. The van der Waals surface area contributed by atoms with Crippen LogP contribution < -0.4 is 201 Å². The van der Waals surface area contributed by atoms with Crippen molar-refractivity contribution in [3.05, 3.63) is 259 Å². The fraction of sp³-hybridized carbons (Fsp3) is 0.365. The molecule has 32 nitrogen and oxygen atoms in total. The van der Waals surface area contributed by atoms with Gasteiger partial charge in [0.2, 0.25) is 29.5 Å². The number of amides is 9. The number of imide groups is 1. The molecule has 6 aliphatic rings. The predicted molar refractivity (Wildman–Crippen MR) is 505 cm³/mol. The summed E-state index contributed by atoms with van der Waals surface area (Å²) in [6, 6.07) is 49.7. The van der Waals surface area contributed by atoms with Gasteiger partial charge in [0.1, 0.15) is 67.0 Å². The Kier molecular flexibility index (Phi) is 55.9. The number of phenolic OH excluding ortho intramolecular Hbond substituents is 1. The van der Waals surface area contributed by atoms with Gasteiger partial charge in [0.05, 0.1) is 46.6 Å². The molecule has 0 aromatic heterocycles. The number of piperidine rings is 1. The van der Waals surface area contributed by atoms with E-state index in [0.29, 0.717) is 77.7 Å². The molecule has 8 aromatic rings. The monoisotopic (exact) mass is 2270 g/mol. The number of halogens is 5. The molecule has 0 spiro atoms. The van der Waals surface area contributed by atoms with Crippen LogP contribution in [-0.2, 0) is 130 Å². The van der Waals surface area contributed by atoms with Crippen molar-refractivity contribution in [1.29, 1.82) is 0 Å². The molecule has 2 saturated heterocycles. The third kappa shape index (κ3) is 38.6. The molecule has 0 radical (unpaired) electrons. The number of esters is 3. The normalized spacial score (nSPS) is 14.4. The first-order chi connectivity index (χ1) is 63.5. The summed E-state index contributed by atoms with van der Waals surface area (Å²) >= 11 is 17.0. The number of aliphatic hydroxyl groups is 1. The minimum absolute atomic E-state index is 0. The second kappa shape index (κ2) is 62.6. The van der Waals surface area contributed by atoms with Crippen LogP contribution in [0, 0.1) is 0 Å². The third-order valence-corrected chi connectivity index (χ3v) is 24.2. The fourth-order valence-electron chi connectivity index (χ4n) is 14.1. The molecular weight excluding hydrogens is 2170 g/mol. The second-order valence-corrected chi connectivity index (χ2v) is 34.3. The summed E-state index contributed by atoms with van der Waals surface area (Å²) in [5.74, 6) is -3.29. The third-order valence-electron chi connectivity index (χ3n) is 21.0. The van der Waals surface area contributed by atoms with E-state index in [1.165, 1.54) is 82.1 Å². The van der Waals surface area contributed by atoms with Crippen LogP contribution in [0.1, 0.15) is 193 Å². The largest absolute Gasteiger partial charge is 1.00 e. The summed E-state index contributed by atoms with van der Waals surface area (Å²) in [6.07, 6.45) is 1.11. The fourth-order valence-corrected chi connectivity index (χ4v) is 15.9. The maximum atomic E-state index is 12.9. The number of carbonyl (C=O) groups is 13. The number of methoxy groups -OCH3 is 3. The molecular formula is C96H107Br5K3N8O24+. The average molecular weight is 2270 g/mol. The van der Waals surface area contributed by atoms with Gasteiger partial charge in [-0.2, -0.15) is 0 Å². The van der Waals surface area contributed by atoms with Crippen molar-refractivity contribution < 1.29 is 270 Å². The minimum Gasteiger partial charge on any atom is -0.652 e. The van der Waals surface area contributed by atoms with Crippen LogP contribution >= 0.6 is 79.6 Å². The maximum Gasteiger partial charge on any atom is 1.00 e. The molecule has 8 aromatic carbocycles. The van der Waals surface area contributed by atoms with E-state index in [9.17, 15) is 62.6 Å². The van der Waals surface area contributed by atoms with E-state index in [1.807, 2.05) is 84.9 Å². The van der Waals surface area contributed by atoms with Crippen molar-refractivity contribution in [2.24, 2.45) is 17.2 Å². The molecule has 14 rings (SSSR count). The van der Waals surface area contributed by atoms with Gasteiger partial charge >= 0.3 is 172 Å². The van der Waals surface area contributed by atoms with Crippen LogP contribution in [0.2, 0.25) is 0 Å². The number of nitrogens with zero attached hydrogens (tertiary/aromatic N) is 4. The number of nitrogens with two attached hydrogens (primary N) is 3. The van der Waals surface area contributed by atoms with Crippen LogP contribution in [0.25, 0.3) is 0 Å². The van der Waals surface area contributed by atoms with E-state index >= 15 is 0 Å². The van der Waals surface area contributed by atoms with Crippen molar-refractivity contribution in [3.63, 3.8) is 0 Å². The Morgan fingerprint density at radius 3 is 1.10 bits per heavy atom. The van der Waals surface area contributed by atoms with Crippen molar-refractivity contribution in [2.75, 3.05) is 34.5 Å². The maximum absolute atomic E-state index is 12.9. The number of phenols is 1. The van der Waals surface area contributed by atoms with E-state index in [2.05, 4.69) is 123 Å². The molecule has 6 heterocycles. The Bertz CT molecular complexity index is 5160. The molecule has 9 amide bonds. The summed E-state index contributed by atoms with van der Waals surface area (Å²) < 4.78 is 36.6. The van der Waals surface area contributed by atoms with Crippen LogP contribution in [0.3, 0.4) is 0 Å². The molecule has 40 heteroatoms. The van der Waals surface area contributed by atoms with Crippen LogP contribution in [0.15, 0.2) is 170 Å². The molecule has 0 bridgehead atoms. The zero-order chi connectivity index (χ0) is 97.6. The Balaban J connectivity index is 0.000000348. The van der Waals surface area contributed by atoms with E-state index in [4.69, 9.17) is 56.3 Å². The SMILES string of the molecule is BrCc1ccc(CBr)cc1.C1CCOC1.CC(C)(C)O.COC(=O)CCC(C(N)=O)N1Cc2c(COc3ccc(CBr)cc3)cccc2C1=O.COC(=O)CCC(C(N)=O)N1Cc2c(O)cccc2C1=O.COC(=O)CCC(C(N)=O)N1Cc2c(OCc3ccc(CBr)cc3)cccc2C1=O.O=C([O-])[O-].O=C1CCC(N2Cc3c(OCc4ccc(CBr)cc4)cccc3C2=O)C(=O)N1.[K+].[K+].[K+]. The Morgan fingerprint density at radius 1 is 0.449 bits per heavy atom. The number of primary amides is 3. The van der Waals surface area contributed by atoms with Gasteiger partial charge in [0.15, 0.2) is 0 Å². The number of aromatic hydroxyl groups is 1. The zero-order valence-corrected chi connectivity index (χ0v) is 94.5. The smallest absolute Gasteiger partial charge is 0.652 e. The number of benzene rings is 8. The van der Waals surface area contributed by atoms with Crippen LogP contribution in [0.5, 0.6) is 23.0 Å².